The highest BCUT2D eigenvalue weighted by Crippen LogP contribution is 2.32. The molecular weight excluding hydrogens is 316 g/mol. The fourth-order valence-corrected chi connectivity index (χ4v) is 3.95. The van der Waals surface area contributed by atoms with E-state index >= 15 is 0 Å². The first kappa shape index (κ1) is 16.0. The number of fused-ring (bicyclic) bond motifs is 1. The first-order chi connectivity index (χ1) is 12.2. The van der Waals surface area contributed by atoms with Crippen molar-refractivity contribution in [2.24, 2.45) is 11.8 Å². The standard InChI is InChI=1S/C19H22N4O2/c1-25-17-4-2-14(3-5-17)9-22-10-15-12-23(13-16(15)11-22)19(24)18-8-20-6-7-21-18/h2-8,15-16H,9-13H2,1H3/t15-,16+. The maximum Gasteiger partial charge on any atom is 0.274 e. The van der Waals surface area contributed by atoms with E-state index in [1.807, 2.05) is 17.0 Å². The molecule has 2 aliphatic heterocycles. The van der Waals surface area contributed by atoms with Crippen molar-refractivity contribution in [1.29, 1.82) is 0 Å². The second-order valence-corrected chi connectivity index (χ2v) is 6.86. The van der Waals surface area contributed by atoms with E-state index in [0.29, 0.717) is 17.5 Å². The van der Waals surface area contributed by atoms with Crippen molar-refractivity contribution in [3.8, 4) is 5.75 Å². The highest BCUT2D eigenvalue weighted by molar-refractivity contribution is 5.92. The molecule has 0 aliphatic carbocycles. The Hall–Kier alpha value is -2.47. The molecule has 0 N–H and O–H groups in total. The van der Waals surface area contributed by atoms with Crippen LogP contribution >= 0.6 is 0 Å². The molecule has 1 amide bonds. The van der Waals surface area contributed by atoms with Gasteiger partial charge < -0.3 is 9.64 Å². The summed E-state index contributed by atoms with van der Waals surface area (Å²) in [4.78, 5) is 25.1. The van der Waals surface area contributed by atoms with Crippen LogP contribution in [0.2, 0.25) is 0 Å². The number of hydrogen-bond acceptors (Lipinski definition) is 5. The Morgan fingerprint density at radius 3 is 2.44 bits per heavy atom. The van der Waals surface area contributed by atoms with Crippen molar-refractivity contribution >= 4 is 5.91 Å². The van der Waals surface area contributed by atoms with E-state index in [0.717, 1.165) is 38.5 Å². The van der Waals surface area contributed by atoms with Gasteiger partial charge in [-0.2, -0.15) is 0 Å². The van der Waals surface area contributed by atoms with Crippen LogP contribution in [0.1, 0.15) is 16.1 Å². The molecule has 25 heavy (non-hydrogen) atoms. The number of benzene rings is 1. The smallest absolute Gasteiger partial charge is 0.274 e. The van der Waals surface area contributed by atoms with Gasteiger partial charge in [0.1, 0.15) is 11.4 Å². The predicted octanol–water partition coefficient (Wildman–Crippen LogP) is 1.69. The average molecular weight is 338 g/mol. The molecule has 1 aromatic carbocycles. The van der Waals surface area contributed by atoms with E-state index in [1.165, 1.54) is 5.56 Å². The lowest BCUT2D eigenvalue weighted by Crippen LogP contribution is -2.33. The largest absolute Gasteiger partial charge is 0.497 e. The lowest BCUT2D eigenvalue weighted by molar-refractivity contribution is 0.0767. The average Bonchev–Trinajstić information content (AvgIpc) is 3.21. The highest BCUT2D eigenvalue weighted by Gasteiger charge is 2.41. The zero-order valence-electron chi connectivity index (χ0n) is 14.3. The van der Waals surface area contributed by atoms with Crippen molar-refractivity contribution in [2.45, 2.75) is 6.54 Å². The van der Waals surface area contributed by atoms with Gasteiger partial charge in [-0.15, -0.1) is 0 Å². The summed E-state index contributed by atoms with van der Waals surface area (Å²) in [5.41, 5.74) is 1.74. The monoisotopic (exact) mass is 338 g/mol. The minimum absolute atomic E-state index is 0.00389. The number of methoxy groups -OCH3 is 1. The minimum atomic E-state index is 0.00389. The number of hydrogen-bond donors (Lipinski definition) is 0. The molecule has 2 aromatic rings. The summed E-state index contributed by atoms with van der Waals surface area (Å²) < 4.78 is 5.21. The van der Waals surface area contributed by atoms with Gasteiger partial charge in [0, 0.05) is 45.1 Å². The molecule has 6 heteroatoms. The number of amides is 1. The van der Waals surface area contributed by atoms with Crippen LogP contribution in [-0.4, -0.2) is 59.0 Å². The first-order valence-electron chi connectivity index (χ1n) is 8.63. The molecule has 0 spiro atoms. The van der Waals surface area contributed by atoms with Crippen LogP contribution in [0.15, 0.2) is 42.9 Å². The number of carbonyl (C=O) groups is 1. The van der Waals surface area contributed by atoms with Crippen molar-refractivity contribution in [3.63, 3.8) is 0 Å². The van der Waals surface area contributed by atoms with Gasteiger partial charge >= 0.3 is 0 Å². The van der Waals surface area contributed by atoms with Gasteiger partial charge in [-0.3, -0.25) is 14.7 Å². The Balaban J connectivity index is 1.33. The number of ether oxygens (including phenoxy) is 1. The third-order valence-electron chi connectivity index (χ3n) is 5.20. The molecule has 0 radical (unpaired) electrons. The summed E-state index contributed by atoms with van der Waals surface area (Å²) in [6.45, 7) is 4.68. The first-order valence-corrected chi connectivity index (χ1v) is 8.63. The number of likely N-dealkylation sites (tertiary alicyclic amines) is 2. The zero-order valence-corrected chi connectivity index (χ0v) is 14.3. The molecule has 0 unspecified atom stereocenters. The van der Waals surface area contributed by atoms with Gasteiger partial charge in [-0.25, -0.2) is 4.98 Å². The second kappa shape index (κ2) is 6.80. The van der Waals surface area contributed by atoms with Crippen molar-refractivity contribution < 1.29 is 9.53 Å². The van der Waals surface area contributed by atoms with Crippen molar-refractivity contribution in [2.75, 3.05) is 33.3 Å². The molecule has 2 fully saturated rings. The molecule has 6 nitrogen and oxygen atoms in total. The molecule has 2 atom stereocenters. The Morgan fingerprint density at radius 1 is 1.12 bits per heavy atom. The van der Waals surface area contributed by atoms with Crippen LogP contribution in [-0.2, 0) is 6.54 Å². The maximum absolute atomic E-state index is 12.5. The van der Waals surface area contributed by atoms with E-state index in [-0.39, 0.29) is 5.91 Å². The lowest BCUT2D eigenvalue weighted by atomic mass is 10.0. The maximum atomic E-state index is 12.5. The van der Waals surface area contributed by atoms with Crippen LogP contribution in [0.3, 0.4) is 0 Å². The quantitative estimate of drug-likeness (QED) is 0.849. The van der Waals surface area contributed by atoms with Crippen molar-refractivity contribution in [3.05, 3.63) is 54.1 Å². The highest BCUT2D eigenvalue weighted by atomic mass is 16.5. The molecule has 3 heterocycles. The molecule has 0 saturated carbocycles. The molecule has 130 valence electrons. The molecule has 2 aliphatic rings. The van der Waals surface area contributed by atoms with Crippen LogP contribution in [0.4, 0.5) is 0 Å². The van der Waals surface area contributed by atoms with Gasteiger partial charge in [0.15, 0.2) is 0 Å². The van der Waals surface area contributed by atoms with Crippen LogP contribution < -0.4 is 4.74 Å². The number of rotatable bonds is 4. The topological polar surface area (TPSA) is 58.6 Å². The Bertz CT molecular complexity index is 721. The molecule has 2 saturated heterocycles. The van der Waals surface area contributed by atoms with Gasteiger partial charge in [0.05, 0.1) is 13.3 Å². The Labute approximate surface area is 147 Å². The molecular formula is C19H22N4O2. The number of aromatic nitrogens is 2. The van der Waals surface area contributed by atoms with E-state index < -0.39 is 0 Å². The van der Waals surface area contributed by atoms with Gasteiger partial charge in [0.25, 0.3) is 5.91 Å². The predicted molar refractivity (Wildman–Crippen MR) is 93.2 cm³/mol. The molecule has 4 rings (SSSR count). The van der Waals surface area contributed by atoms with Crippen LogP contribution in [0, 0.1) is 11.8 Å². The van der Waals surface area contributed by atoms with E-state index in [1.54, 1.807) is 25.7 Å². The van der Waals surface area contributed by atoms with Crippen LogP contribution in [0.5, 0.6) is 5.75 Å². The number of carbonyl (C=O) groups excluding carboxylic acids is 1. The van der Waals surface area contributed by atoms with Crippen LogP contribution in [0.25, 0.3) is 0 Å². The zero-order chi connectivity index (χ0) is 17.2. The minimum Gasteiger partial charge on any atom is -0.497 e. The van der Waals surface area contributed by atoms with Crippen molar-refractivity contribution in [1.82, 2.24) is 19.8 Å². The van der Waals surface area contributed by atoms with E-state index in [4.69, 9.17) is 4.74 Å². The third-order valence-corrected chi connectivity index (χ3v) is 5.20. The Morgan fingerprint density at radius 2 is 1.84 bits per heavy atom. The number of nitrogens with zero attached hydrogens (tertiary/aromatic N) is 4. The van der Waals surface area contributed by atoms with Gasteiger partial charge in [-0.1, -0.05) is 12.1 Å². The fourth-order valence-electron chi connectivity index (χ4n) is 3.95. The summed E-state index contributed by atoms with van der Waals surface area (Å²) in [6.07, 6.45) is 4.71. The van der Waals surface area contributed by atoms with Gasteiger partial charge in [-0.05, 0) is 29.5 Å². The third kappa shape index (κ3) is 3.35. The molecule has 0 bridgehead atoms. The van der Waals surface area contributed by atoms with E-state index in [2.05, 4.69) is 27.0 Å². The lowest BCUT2D eigenvalue weighted by Gasteiger charge is -2.21. The summed E-state index contributed by atoms with van der Waals surface area (Å²) in [7, 11) is 1.69. The summed E-state index contributed by atoms with van der Waals surface area (Å²) in [5.74, 6) is 2.00. The summed E-state index contributed by atoms with van der Waals surface area (Å²) >= 11 is 0. The summed E-state index contributed by atoms with van der Waals surface area (Å²) in [6, 6.07) is 8.26. The van der Waals surface area contributed by atoms with E-state index in [9.17, 15) is 4.79 Å². The Kier molecular flexibility index (Phi) is 4.36. The van der Waals surface area contributed by atoms with Gasteiger partial charge in [0.2, 0.25) is 0 Å². The normalized spacial score (nSPS) is 22.8. The fraction of sp³-hybridized carbons (Fsp3) is 0.421. The summed E-state index contributed by atoms with van der Waals surface area (Å²) in [5, 5.41) is 0. The second-order valence-electron chi connectivity index (χ2n) is 6.86. The SMILES string of the molecule is COc1ccc(CN2C[C@@H]3CN(C(=O)c4cnccn4)C[C@@H]3C2)cc1. The molecule has 1 aromatic heterocycles.